The van der Waals surface area contributed by atoms with Gasteiger partial charge in [-0.2, -0.15) is 0 Å². The van der Waals surface area contributed by atoms with Gasteiger partial charge in [-0.15, -0.1) is 0 Å². The Balaban J connectivity index is 2.37. The quantitative estimate of drug-likeness (QED) is 0.679. The van der Waals surface area contributed by atoms with Gasteiger partial charge in [0, 0.05) is 18.8 Å². The van der Waals surface area contributed by atoms with Gasteiger partial charge in [0.2, 0.25) is 5.91 Å². The molecular formula is C14H13IN2O. The lowest BCUT2D eigenvalue weighted by molar-refractivity contribution is -0.120. The summed E-state index contributed by atoms with van der Waals surface area (Å²) in [6.07, 6.45) is 4.01. The van der Waals surface area contributed by atoms with Crippen LogP contribution in [-0.2, 0) is 14.6 Å². The molecule has 0 saturated carbocycles. The zero-order valence-corrected chi connectivity index (χ0v) is 11.9. The third-order valence-electron chi connectivity index (χ3n) is 2.82. The van der Waals surface area contributed by atoms with E-state index < -0.39 is 3.42 Å². The molecule has 0 fully saturated rings. The molecule has 1 heterocycles. The van der Waals surface area contributed by atoms with Crippen molar-refractivity contribution in [2.24, 2.45) is 5.73 Å². The fraction of sp³-hybridized carbons (Fsp3) is 0.143. The van der Waals surface area contributed by atoms with Gasteiger partial charge in [-0.3, -0.25) is 9.78 Å². The average molecular weight is 352 g/mol. The second kappa shape index (κ2) is 5.48. The highest BCUT2D eigenvalue weighted by molar-refractivity contribution is 14.1. The zero-order chi connectivity index (χ0) is 13.0. The van der Waals surface area contributed by atoms with Gasteiger partial charge in [0.1, 0.15) is 3.42 Å². The number of carbonyl (C=O) groups excluding carboxylic acids is 1. The van der Waals surface area contributed by atoms with Gasteiger partial charge >= 0.3 is 0 Å². The van der Waals surface area contributed by atoms with Crippen molar-refractivity contribution < 1.29 is 4.79 Å². The highest BCUT2D eigenvalue weighted by Gasteiger charge is 2.35. The van der Waals surface area contributed by atoms with Gasteiger partial charge in [-0.1, -0.05) is 52.9 Å². The van der Waals surface area contributed by atoms with E-state index in [1.807, 2.05) is 42.5 Å². The number of nitrogens with two attached hydrogens (primary N) is 1. The fourth-order valence-electron chi connectivity index (χ4n) is 1.82. The van der Waals surface area contributed by atoms with Crippen LogP contribution in [-0.4, -0.2) is 10.9 Å². The highest BCUT2D eigenvalue weighted by atomic mass is 127. The van der Waals surface area contributed by atoms with Crippen molar-refractivity contribution in [2.75, 3.05) is 0 Å². The van der Waals surface area contributed by atoms with E-state index in [0.717, 1.165) is 11.1 Å². The molecule has 1 unspecified atom stereocenters. The van der Waals surface area contributed by atoms with Crippen LogP contribution in [0.15, 0.2) is 54.9 Å². The molecule has 1 atom stereocenters. The molecule has 2 N–H and O–H groups in total. The molecule has 0 aliphatic carbocycles. The molecule has 18 heavy (non-hydrogen) atoms. The summed E-state index contributed by atoms with van der Waals surface area (Å²) in [5.74, 6) is -0.328. The SMILES string of the molecule is NC(=O)C(I)(Cc1ccncc1)c1ccccc1. The van der Waals surface area contributed by atoms with Gasteiger partial charge in [0.05, 0.1) is 0 Å². The molecule has 0 saturated heterocycles. The molecule has 1 aromatic heterocycles. The van der Waals surface area contributed by atoms with Crippen molar-refractivity contribution in [2.45, 2.75) is 9.84 Å². The molecule has 0 aliphatic heterocycles. The van der Waals surface area contributed by atoms with Crippen LogP contribution in [0.4, 0.5) is 0 Å². The molecule has 3 nitrogen and oxygen atoms in total. The Hall–Kier alpha value is -1.43. The minimum atomic E-state index is -0.722. The van der Waals surface area contributed by atoms with E-state index in [4.69, 9.17) is 5.73 Å². The van der Waals surface area contributed by atoms with Crippen LogP contribution in [0.2, 0.25) is 0 Å². The molecule has 2 aromatic rings. The van der Waals surface area contributed by atoms with Gasteiger partial charge in [0.15, 0.2) is 0 Å². The Kier molecular flexibility index (Phi) is 3.96. The van der Waals surface area contributed by atoms with Gasteiger partial charge in [-0.25, -0.2) is 0 Å². The zero-order valence-electron chi connectivity index (χ0n) is 9.71. The van der Waals surface area contributed by atoms with E-state index in [0.29, 0.717) is 6.42 Å². The molecule has 1 aromatic carbocycles. The molecule has 1 amide bonds. The first-order valence-corrected chi connectivity index (χ1v) is 6.64. The molecule has 0 bridgehead atoms. The number of primary amides is 1. The number of amides is 1. The maximum atomic E-state index is 11.8. The third-order valence-corrected chi connectivity index (χ3v) is 4.35. The Morgan fingerprint density at radius 1 is 1.17 bits per heavy atom. The van der Waals surface area contributed by atoms with Crippen LogP contribution in [0.1, 0.15) is 11.1 Å². The molecule has 4 heteroatoms. The van der Waals surface area contributed by atoms with Crippen molar-refractivity contribution in [3.63, 3.8) is 0 Å². The number of benzene rings is 1. The summed E-state index contributed by atoms with van der Waals surface area (Å²) >= 11 is 2.14. The van der Waals surface area contributed by atoms with Gasteiger partial charge < -0.3 is 5.73 Å². The minimum Gasteiger partial charge on any atom is -0.368 e. The molecule has 2 rings (SSSR count). The van der Waals surface area contributed by atoms with E-state index in [1.165, 1.54) is 0 Å². The van der Waals surface area contributed by atoms with Crippen LogP contribution in [0, 0.1) is 0 Å². The first-order chi connectivity index (χ1) is 8.63. The molecule has 92 valence electrons. The molecule has 0 radical (unpaired) electrons. The number of carbonyl (C=O) groups is 1. The van der Waals surface area contributed by atoms with Crippen molar-refractivity contribution in [1.29, 1.82) is 0 Å². The summed E-state index contributed by atoms with van der Waals surface area (Å²) in [6.45, 7) is 0. The first kappa shape index (κ1) is 13.0. The summed E-state index contributed by atoms with van der Waals surface area (Å²) in [7, 11) is 0. The van der Waals surface area contributed by atoms with E-state index in [1.54, 1.807) is 12.4 Å². The minimum absolute atomic E-state index is 0.328. The maximum Gasteiger partial charge on any atom is 0.238 e. The van der Waals surface area contributed by atoms with Gasteiger partial charge in [-0.05, 0) is 23.3 Å². The lowest BCUT2D eigenvalue weighted by Gasteiger charge is -2.24. The van der Waals surface area contributed by atoms with Crippen molar-refractivity contribution in [3.05, 3.63) is 66.0 Å². The fourth-order valence-corrected chi connectivity index (χ4v) is 2.62. The van der Waals surface area contributed by atoms with E-state index in [9.17, 15) is 4.79 Å². The second-order valence-electron chi connectivity index (χ2n) is 4.06. The summed E-state index contributed by atoms with van der Waals surface area (Å²) in [5.41, 5.74) is 7.56. The number of hydrogen-bond donors (Lipinski definition) is 1. The number of nitrogens with zero attached hydrogens (tertiary/aromatic N) is 1. The maximum absolute atomic E-state index is 11.8. The summed E-state index contributed by atoms with van der Waals surface area (Å²) in [6, 6.07) is 13.4. The number of aromatic nitrogens is 1. The number of alkyl halides is 1. The number of rotatable bonds is 4. The topological polar surface area (TPSA) is 56.0 Å². The van der Waals surface area contributed by atoms with Crippen molar-refractivity contribution >= 4 is 28.5 Å². The smallest absolute Gasteiger partial charge is 0.238 e. The first-order valence-electron chi connectivity index (χ1n) is 5.56. The number of hydrogen-bond acceptors (Lipinski definition) is 2. The van der Waals surface area contributed by atoms with Crippen molar-refractivity contribution in [1.82, 2.24) is 4.98 Å². The predicted molar refractivity (Wildman–Crippen MR) is 79.3 cm³/mol. The average Bonchev–Trinajstić information content (AvgIpc) is 2.40. The lowest BCUT2D eigenvalue weighted by Crippen LogP contribution is -2.37. The molecule has 0 spiro atoms. The summed E-state index contributed by atoms with van der Waals surface area (Å²) in [4.78, 5) is 15.8. The number of halogens is 1. The third kappa shape index (κ3) is 2.69. The monoisotopic (exact) mass is 352 g/mol. The Morgan fingerprint density at radius 2 is 1.78 bits per heavy atom. The van der Waals surface area contributed by atoms with Crippen molar-refractivity contribution in [3.8, 4) is 0 Å². The Labute approximate surface area is 120 Å². The van der Waals surface area contributed by atoms with Crippen LogP contribution < -0.4 is 5.73 Å². The van der Waals surface area contributed by atoms with Crippen LogP contribution >= 0.6 is 22.6 Å². The normalized spacial score (nSPS) is 13.8. The molecule has 0 aliphatic rings. The van der Waals surface area contributed by atoms with Crippen LogP contribution in [0.5, 0.6) is 0 Å². The van der Waals surface area contributed by atoms with E-state index in [2.05, 4.69) is 27.6 Å². The van der Waals surface area contributed by atoms with Crippen LogP contribution in [0.3, 0.4) is 0 Å². The van der Waals surface area contributed by atoms with E-state index >= 15 is 0 Å². The van der Waals surface area contributed by atoms with Gasteiger partial charge in [0.25, 0.3) is 0 Å². The van der Waals surface area contributed by atoms with E-state index in [-0.39, 0.29) is 5.91 Å². The summed E-state index contributed by atoms with van der Waals surface area (Å²) < 4.78 is -0.722. The second-order valence-corrected chi connectivity index (χ2v) is 5.91. The number of pyridine rings is 1. The Morgan fingerprint density at radius 3 is 2.33 bits per heavy atom. The standard InChI is InChI=1S/C14H13IN2O/c15-14(13(16)18,12-4-2-1-3-5-12)10-11-6-8-17-9-7-11/h1-9H,10H2,(H2,16,18). The molecular weight excluding hydrogens is 339 g/mol. The van der Waals surface area contributed by atoms with Crippen LogP contribution in [0.25, 0.3) is 0 Å². The predicted octanol–water partition coefficient (Wildman–Crippen LogP) is 2.44. The lowest BCUT2D eigenvalue weighted by atomic mass is 9.92. The Bertz CT molecular complexity index is 530. The highest BCUT2D eigenvalue weighted by Crippen LogP contribution is 2.35. The largest absolute Gasteiger partial charge is 0.368 e. The summed E-state index contributed by atoms with van der Waals surface area (Å²) in [5, 5.41) is 0.